The highest BCUT2D eigenvalue weighted by atomic mass is 16.4. The van der Waals surface area contributed by atoms with Crippen molar-refractivity contribution in [1.29, 1.82) is 0 Å². The van der Waals surface area contributed by atoms with Gasteiger partial charge in [0.1, 0.15) is 0 Å². The summed E-state index contributed by atoms with van der Waals surface area (Å²) in [7, 11) is 0. The second-order valence-corrected chi connectivity index (χ2v) is 6.03. The van der Waals surface area contributed by atoms with E-state index in [0.717, 1.165) is 5.69 Å². The normalized spacial score (nSPS) is 18.7. The number of hydrogen-bond acceptors (Lipinski definition) is 3. The fraction of sp³-hybridized carbons (Fsp3) is 0.211. The fourth-order valence-electron chi connectivity index (χ4n) is 2.45. The van der Waals surface area contributed by atoms with Crippen molar-refractivity contribution in [2.24, 2.45) is 5.41 Å². The first-order chi connectivity index (χ1) is 11.8. The molecule has 0 fully saturated rings. The van der Waals surface area contributed by atoms with E-state index in [-0.39, 0.29) is 12.0 Å². The SMILES string of the molecule is CC1(C(=O)O)C=CC=C(C(=O)O)C1.Cc1ccccc1-c1cc[nH]n1. The molecule has 0 radical (unpaired) electrons. The highest BCUT2D eigenvalue weighted by Crippen LogP contribution is 2.31. The van der Waals surface area contributed by atoms with Crippen LogP contribution in [0.1, 0.15) is 18.9 Å². The molecule has 0 bridgehead atoms. The average Bonchev–Trinajstić information content (AvgIpc) is 3.10. The number of carboxylic acid groups (broad SMARTS) is 2. The van der Waals surface area contributed by atoms with Crippen LogP contribution in [0.25, 0.3) is 11.3 Å². The van der Waals surface area contributed by atoms with E-state index in [0.29, 0.717) is 0 Å². The highest BCUT2D eigenvalue weighted by molar-refractivity contribution is 5.90. The summed E-state index contributed by atoms with van der Waals surface area (Å²) in [4.78, 5) is 21.3. The van der Waals surface area contributed by atoms with Crippen molar-refractivity contribution in [3.8, 4) is 11.3 Å². The van der Waals surface area contributed by atoms with Crippen LogP contribution in [0, 0.1) is 12.3 Å². The summed E-state index contributed by atoms with van der Waals surface area (Å²) >= 11 is 0. The van der Waals surface area contributed by atoms with Crippen LogP contribution in [-0.2, 0) is 9.59 Å². The molecule has 1 heterocycles. The summed E-state index contributed by atoms with van der Waals surface area (Å²) in [6.07, 6.45) is 6.27. The molecule has 0 amide bonds. The Morgan fingerprint density at radius 3 is 2.48 bits per heavy atom. The zero-order chi connectivity index (χ0) is 18.4. The number of aromatic amines is 1. The first-order valence-electron chi connectivity index (χ1n) is 7.74. The van der Waals surface area contributed by atoms with E-state index in [9.17, 15) is 9.59 Å². The van der Waals surface area contributed by atoms with Crippen molar-refractivity contribution in [3.63, 3.8) is 0 Å². The molecule has 1 aromatic carbocycles. The van der Waals surface area contributed by atoms with Gasteiger partial charge in [-0.2, -0.15) is 5.10 Å². The first-order valence-corrected chi connectivity index (χ1v) is 7.74. The van der Waals surface area contributed by atoms with Gasteiger partial charge in [0.25, 0.3) is 0 Å². The first kappa shape index (κ1) is 18.2. The summed E-state index contributed by atoms with van der Waals surface area (Å²) in [5.74, 6) is -2.06. The molecule has 3 N–H and O–H groups in total. The van der Waals surface area contributed by atoms with Crippen molar-refractivity contribution in [3.05, 3.63) is 65.9 Å². The Labute approximate surface area is 145 Å². The van der Waals surface area contributed by atoms with Crippen LogP contribution in [0.3, 0.4) is 0 Å². The van der Waals surface area contributed by atoms with E-state index in [1.165, 1.54) is 36.3 Å². The number of carboxylic acids is 2. The lowest BCUT2D eigenvalue weighted by Crippen LogP contribution is -2.28. The molecule has 6 nitrogen and oxygen atoms in total. The van der Waals surface area contributed by atoms with Gasteiger partial charge in [-0.15, -0.1) is 0 Å². The molecular weight excluding hydrogens is 320 g/mol. The van der Waals surface area contributed by atoms with Crippen LogP contribution in [0.5, 0.6) is 0 Å². The van der Waals surface area contributed by atoms with E-state index in [1.54, 1.807) is 0 Å². The second kappa shape index (κ2) is 7.61. The van der Waals surface area contributed by atoms with Gasteiger partial charge in [0.2, 0.25) is 0 Å². The van der Waals surface area contributed by atoms with Crippen LogP contribution in [-0.4, -0.2) is 32.3 Å². The van der Waals surface area contributed by atoms with Crippen molar-refractivity contribution < 1.29 is 19.8 Å². The Balaban J connectivity index is 0.000000181. The molecule has 0 saturated heterocycles. The van der Waals surface area contributed by atoms with Crippen LogP contribution in [0.4, 0.5) is 0 Å². The lowest BCUT2D eigenvalue weighted by molar-refractivity contribution is -0.145. The van der Waals surface area contributed by atoms with Gasteiger partial charge in [0, 0.05) is 17.3 Å². The molecule has 1 aliphatic rings. The maximum absolute atomic E-state index is 10.8. The molecule has 3 rings (SSSR count). The van der Waals surface area contributed by atoms with E-state index >= 15 is 0 Å². The smallest absolute Gasteiger partial charge is 0.331 e. The zero-order valence-electron chi connectivity index (χ0n) is 14.1. The lowest BCUT2D eigenvalue weighted by atomic mass is 9.80. The van der Waals surface area contributed by atoms with Gasteiger partial charge < -0.3 is 10.2 Å². The van der Waals surface area contributed by atoms with E-state index in [4.69, 9.17) is 10.2 Å². The number of aryl methyl sites for hydroxylation is 1. The van der Waals surface area contributed by atoms with Crippen LogP contribution in [0.15, 0.2) is 60.3 Å². The monoisotopic (exact) mass is 340 g/mol. The van der Waals surface area contributed by atoms with Gasteiger partial charge in [-0.1, -0.05) is 42.5 Å². The highest BCUT2D eigenvalue weighted by Gasteiger charge is 2.34. The van der Waals surface area contributed by atoms with Gasteiger partial charge in [-0.25, -0.2) is 4.79 Å². The number of allylic oxidation sites excluding steroid dienone is 2. The molecule has 130 valence electrons. The molecule has 0 aliphatic heterocycles. The summed E-state index contributed by atoms with van der Waals surface area (Å²) in [6.45, 7) is 3.59. The van der Waals surface area contributed by atoms with Crippen molar-refractivity contribution in [2.75, 3.05) is 0 Å². The molecule has 1 aromatic heterocycles. The molecule has 0 saturated carbocycles. The Morgan fingerprint density at radius 2 is 1.92 bits per heavy atom. The van der Waals surface area contributed by atoms with Gasteiger partial charge in [-0.05, 0) is 31.9 Å². The molecule has 1 atom stereocenters. The third kappa shape index (κ3) is 4.44. The Hall–Kier alpha value is -3.15. The van der Waals surface area contributed by atoms with Crippen molar-refractivity contribution in [2.45, 2.75) is 20.3 Å². The minimum atomic E-state index is -1.08. The second-order valence-electron chi connectivity index (χ2n) is 6.03. The van der Waals surface area contributed by atoms with Gasteiger partial charge in [0.15, 0.2) is 0 Å². The Kier molecular flexibility index (Phi) is 5.54. The molecule has 6 heteroatoms. The zero-order valence-corrected chi connectivity index (χ0v) is 14.1. The maximum atomic E-state index is 10.8. The number of aromatic nitrogens is 2. The van der Waals surface area contributed by atoms with E-state index < -0.39 is 17.4 Å². The van der Waals surface area contributed by atoms with Crippen molar-refractivity contribution >= 4 is 11.9 Å². The van der Waals surface area contributed by atoms with Crippen LogP contribution < -0.4 is 0 Å². The van der Waals surface area contributed by atoms with E-state index in [2.05, 4.69) is 29.3 Å². The Bertz CT molecular complexity index is 822. The molecule has 2 aromatic rings. The number of aliphatic carboxylic acids is 2. The van der Waals surface area contributed by atoms with Gasteiger partial charge in [-0.3, -0.25) is 9.89 Å². The number of H-pyrrole nitrogens is 1. The standard InChI is InChI=1S/C10H10N2.C9H10O4/c1-8-4-2-3-5-9(8)10-6-7-11-12-10;1-9(8(12)13)4-2-3-6(5-9)7(10)11/h2-7H,1H3,(H,11,12);2-4H,5H2,1H3,(H,10,11)(H,12,13). The number of hydrogen-bond donors (Lipinski definition) is 3. The third-order valence-electron chi connectivity index (χ3n) is 4.00. The number of nitrogens with zero attached hydrogens (tertiary/aromatic N) is 1. The number of nitrogens with one attached hydrogen (secondary N) is 1. The van der Waals surface area contributed by atoms with Crippen LogP contribution >= 0.6 is 0 Å². The molecule has 1 unspecified atom stereocenters. The van der Waals surface area contributed by atoms with Crippen molar-refractivity contribution in [1.82, 2.24) is 10.2 Å². The van der Waals surface area contributed by atoms with Crippen LogP contribution in [0.2, 0.25) is 0 Å². The number of rotatable bonds is 3. The maximum Gasteiger partial charge on any atom is 0.331 e. The predicted octanol–water partition coefficient (Wildman–Crippen LogP) is 3.43. The predicted molar refractivity (Wildman–Crippen MR) is 94.0 cm³/mol. The fourth-order valence-corrected chi connectivity index (χ4v) is 2.45. The minimum absolute atomic E-state index is 0.0359. The molecule has 1 aliphatic carbocycles. The molecule has 0 spiro atoms. The largest absolute Gasteiger partial charge is 0.481 e. The minimum Gasteiger partial charge on any atom is -0.481 e. The third-order valence-corrected chi connectivity index (χ3v) is 4.00. The molecular formula is C19H20N2O4. The topological polar surface area (TPSA) is 103 Å². The Morgan fingerprint density at radius 1 is 1.20 bits per heavy atom. The summed E-state index contributed by atoms with van der Waals surface area (Å²) in [5.41, 5.74) is 2.51. The number of benzene rings is 1. The molecule has 25 heavy (non-hydrogen) atoms. The lowest BCUT2D eigenvalue weighted by Gasteiger charge is -2.23. The quantitative estimate of drug-likeness (QED) is 0.794. The summed E-state index contributed by atoms with van der Waals surface area (Å²) in [6, 6.07) is 10.2. The summed E-state index contributed by atoms with van der Waals surface area (Å²) < 4.78 is 0. The van der Waals surface area contributed by atoms with E-state index in [1.807, 2.05) is 24.4 Å². The number of carbonyl (C=O) groups is 2. The summed E-state index contributed by atoms with van der Waals surface area (Å²) in [5, 5.41) is 24.4. The average molecular weight is 340 g/mol. The van der Waals surface area contributed by atoms with Gasteiger partial charge in [0.05, 0.1) is 11.1 Å². The van der Waals surface area contributed by atoms with Gasteiger partial charge >= 0.3 is 11.9 Å².